The van der Waals surface area contributed by atoms with Crippen molar-refractivity contribution >= 4 is 11.6 Å². The van der Waals surface area contributed by atoms with Crippen molar-refractivity contribution in [3.05, 3.63) is 24.0 Å². The summed E-state index contributed by atoms with van der Waals surface area (Å²) in [4.78, 5) is 17.6. The average molecular weight is 251 g/mol. The summed E-state index contributed by atoms with van der Waals surface area (Å²) in [5, 5.41) is 12.2. The van der Waals surface area contributed by atoms with Gasteiger partial charge < -0.3 is 15.3 Å². The third kappa shape index (κ3) is 4.33. The summed E-state index contributed by atoms with van der Waals surface area (Å²) in [5.74, 6) is -0.0212. The lowest BCUT2D eigenvalue weighted by Crippen LogP contribution is -2.38. The number of rotatable bonds is 5. The molecule has 0 radical (unpaired) electrons. The Kier molecular flexibility index (Phi) is 5.09. The molecule has 1 amide bonds. The predicted octanol–water partition coefficient (Wildman–Crippen LogP) is 1.10. The number of hydrogen-bond donors (Lipinski definition) is 2. The molecule has 1 atom stereocenters. The maximum Gasteiger partial charge on any atom is 0.239 e. The molecule has 100 valence electrons. The van der Waals surface area contributed by atoms with Gasteiger partial charge in [0.05, 0.1) is 30.2 Å². The van der Waals surface area contributed by atoms with Gasteiger partial charge in [-0.1, -0.05) is 0 Å². The zero-order valence-corrected chi connectivity index (χ0v) is 11.3. The summed E-state index contributed by atoms with van der Waals surface area (Å²) >= 11 is 0. The van der Waals surface area contributed by atoms with Gasteiger partial charge in [0, 0.05) is 13.1 Å². The monoisotopic (exact) mass is 251 g/mol. The van der Waals surface area contributed by atoms with E-state index in [9.17, 15) is 9.90 Å². The zero-order valence-electron chi connectivity index (χ0n) is 11.3. The number of nitrogens with one attached hydrogen (secondary N) is 1. The van der Waals surface area contributed by atoms with Crippen LogP contribution in [0.15, 0.2) is 18.3 Å². The number of nitrogens with zero attached hydrogens (tertiary/aromatic N) is 2. The van der Waals surface area contributed by atoms with E-state index in [1.165, 1.54) is 0 Å². The van der Waals surface area contributed by atoms with Crippen molar-refractivity contribution in [2.45, 2.75) is 32.9 Å². The summed E-state index contributed by atoms with van der Waals surface area (Å²) < 4.78 is 0. The van der Waals surface area contributed by atoms with E-state index in [-0.39, 0.29) is 18.5 Å². The molecule has 0 saturated heterocycles. The molecular weight excluding hydrogens is 230 g/mol. The topological polar surface area (TPSA) is 65.5 Å². The predicted molar refractivity (Wildman–Crippen MR) is 71.4 cm³/mol. The molecule has 1 heterocycles. The fourth-order valence-corrected chi connectivity index (χ4v) is 1.54. The molecule has 18 heavy (non-hydrogen) atoms. The summed E-state index contributed by atoms with van der Waals surface area (Å²) in [6.45, 7) is 5.81. The average Bonchev–Trinajstić information content (AvgIpc) is 2.27. The number of aliphatic hydroxyl groups excluding tert-OH is 1. The quantitative estimate of drug-likeness (QED) is 0.822. The number of likely N-dealkylation sites (N-methyl/N-ethyl adjacent to an activating group) is 1. The maximum atomic E-state index is 11.6. The van der Waals surface area contributed by atoms with Crippen LogP contribution in [0.5, 0.6) is 0 Å². The molecule has 0 bridgehead atoms. The lowest BCUT2D eigenvalue weighted by atomic mass is 10.2. The van der Waals surface area contributed by atoms with Crippen molar-refractivity contribution in [2.75, 3.05) is 18.5 Å². The third-order valence-corrected chi connectivity index (χ3v) is 2.47. The molecule has 0 aromatic carbocycles. The van der Waals surface area contributed by atoms with Crippen LogP contribution in [0.25, 0.3) is 0 Å². The van der Waals surface area contributed by atoms with Crippen molar-refractivity contribution in [2.24, 2.45) is 0 Å². The van der Waals surface area contributed by atoms with Crippen molar-refractivity contribution < 1.29 is 9.90 Å². The Morgan fingerprint density at radius 1 is 1.44 bits per heavy atom. The van der Waals surface area contributed by atoms with Gasteiger partial charge in [0.25, 0.3) is 0 Å². The molecule has 0 spiro atoms. The first-order valence-electron chi connectivity index (χ1n) is 6.04. The van der Waals surface area contributed by atoms with Crippen molar-refractivity contribution in [1.29, 1.82) is 0 Å². The Morgan fingerprint density at radius 3 is 2.56 bits per heavy atom. The van der Waals surface area contributed by atoms with Crippen molar-refractivity contribution in [1.82, 2.24) is 10.3 Å². The third-order valence-electron chi connectivity index (χ3n) is 2.47. The largest absolute Gasteiger partial charge is 0.387 e. The van der Waals surface area contributed by atoms with Gasteiger partial charge in [-0.05, 0) is 32.9 Å². The van der Waals surface area contributed by atoms with Crippen LogP contribution >= 0.6 is 0 Å². The highest BCUT2D eigenvalue weighted by Crippen LogP contribution is 2.14. The number of aromatic nitrogens is 1. The lowest BCUT2D eigenvalue weighted by Gasteiger charge is -2.19. The molecule has 2 N–H and O–H groups in total. The number of aliphatic hydroxyl groups is 1. The van der Waals surface area contributed by atoms with Gasteiger partial charge in [-0.2, -0.15) is 0 Å². The van der Waals surface area contributed by atoms with E-state index in [2.05, 4.69) is 10.3 Å². The number of carbonyl (C=O) groups excluding carboxylic acids is 1. The Bertz CT molecular complexity index is 388. The van der Waals surface area contributed by atoms with Crippen LogP contribution in [0.2, 0.25) is 0 Å². The molecule has 0 aliphatic rings. The van der Waals surface area contributed by atoms with Crippen molar-refractivity contribution in [3.8, 4) is 0 Å². The van der Waals surface area contributed by atoms with Gasteiger partial charge in [-0.25, -0.2) is 0 Å². The highest BCUT2D eigenvalue weighted by Gasteiger charge is 2.09. The Hall–Kier alpha value is -1.62. The number of anilines is 1. The Balaban J connectivity index is 2.61. The van der Waals surface area contributed by atoms with Crippen LogP contribution in [-0.2, 0) is 4.79 Å². The fraction of sp³-hybridized carbons (Fsp3) is 0.538. The number of carbonyl (C=O) groups is 1. The molecule has 1 aromatic rings. The molecule has 0 aliphatic heterocycles. The SMILES string of the molecule is CC(C)NC(=O)CN(C)c1ccc(C(C)O)nc1. The van der Waals surface area contributed by atoms with Gasteiger partial charge >= 0.3 is 0 Å². The molecule has 0 aliphatic carbocycles. The number of pyridine rings is 1. The van der Waals surface area contributed by atoms with E-state index < -0.39 is 6.10 Å². The summed E-state index contributed by atoms with van der Waals surface area (Å²) in [6.07, 6.45) is 1.08. The molecule has 1 rings (SSSR count). The standard InChI is InChI=1S/C13H21N3O2/c1-9(2)15-13(18)8-16(4)11-5-6-12(10(3)17)14-7-11/h5-7,9-10,17H,8H2,1-4H3,(H,15,18). The molecule has 0 saturated carbocycles. The van der Waals surface area contributed by atoms with E-state index in [1.54, 1.807) is 19.2 Å². The van der Waals surface area contributed by atoms with Crippen LogP contribution in [0.3, 0.4) is 0 Å². The molecule has 0 fully saturated rings. The van der Waals surface area contributed by atoms with Gasteiger partial charge in [0.2, 0.25) is 5.91 Å². The molecular formula is C13H21N3O2. The summed E-state index contributed by atoms with van der Waals surface area (Å²) in [7, 11) is 1.83. The first-order valence-corrected chi connectivity index (χ1v) is 6.04. The zero-order chi connectivity index (χ0) is 13.7. The minimum absolute atomic E-state index is 0.0212. The highest BCUT2D eigenvalue weighted by molar-refractivity contribution is 5.81. The van der Waals surface area contributed by atoms with E-state index in [4.69, 9.17) is 0 Å². The smallest absolute Gasteiger partial charge is 0.239 e. The van der Waals surface area contributed by atoms with Crippen LogP contribution in [0.4, 0.5) is 5.69 Å². The summed E-state index contributed by atoms with van der Waals surface area (Å²) in [5.41, 5.74) is 1.47. The molecule has 1 unspecified atom stereocenters. The molecule has 5 heteroatoms. The van der Waals surface area contributed by atoms with E-state index in [0.29, 0.717) is 5.69 Å². The first kappa shape index (κ1) is 14.4. The minimum Gasteiger partial charge on any atom is -0.387 e. The molecule has 1 aromatic heterocycles. The van der Waals surface area contributed by atoms with Gasteiger partial charge in [-0.15, -0.1) is 0 Å². The van der Waals surface area contributed by atoms with Gasteiger partial charge in [0.1, 0.15) is 0 Å². The van der Waals surface area contributed by atoms with Crippen LogP contribution in [-0.4, -0.2) is 35.6 Å². The molecule has 5 nitrogen and oxygen atoms in total. The second-order valence-corrected chi connectivity index (χ2v) is 4.70. The number of amides is 1. The van der Waals surface area contributed by atoms with Gasteiger partial charge in [0.15, 0.2) is 0 Å². The van der Waals surface area contributed by atoms with Crippen LogP contribution in [0.1, 0.15) is 32.6 Å². The van der Waals surface area contributed by atoms with Crippen LogP contribution < -0.4 is 10.2 Å². The maximum absolute atomic E-state index is 11.6. The summed E-state index contributed by atoms with van der Waals surface area (Å²) in [6, 6.07) is 3.75. The fourth-order valence-electron chi connectivity index (χ4n) is 1.54. The van der Waals surface area contributed by atoms with Crippen molar-refractivity contribution in [3.63, 3.8) is 0 Å². The lowest BCUT2D eigenvalue weighted by molar-refractivity contribution is -0.120. The van der Waals surface area contributed by atoms with Gasteiger partial charge in [-0.3, -0.25) is 9.78 Å². The van der Waals surface area contributed by atoms with Crippen LogP contribution in [0, 0.1) is 0 Å². The second kappa shape index (κ2) is 6.35. The van der Waals surface area contributed by atoms with E-state index in [0.717, 1.165) is 5.69 Å². The highest BCUT2D eigenvalue weighted by atomic mass is 16.3. The minimum atomic E-state index is -0.575. The second-order valence-electron chi connectivity index (χ2n) is 4.70. The number of hydrogen-bond acceptors (Lipinski definition) is 4. The first-order chi connectivity index (χ1) is 8.40. The van der Waals surface area contributed by atoms with E-state index in [1.807, 2.05) is 31.9 Å². The normalized spacial score (nSPS) is 12.3. The Morgan fingerprint density at radius 2 is 2.11 bits per heavy atom. The van der Waals surface area contributed by atoms with E-state index >= 15 is 0 Å². The Labute approximate surface area is 108 Å².